The van der Waals surface area contributed by atoms with Crippen molar-refractivity contribution in [1.29, 1.82) is 0 Å². The Morgan fingerprint density at radius 2 is 2.24 bits per heavy atom. The lowest BCUT2D eigenvalue weighted by Gasteiger charge is -2.29. The summed E-state index contributed by atoms with van der Waals surface area (Å²) in [7, 11) is 1.63. The Morgan fingerprint density at radius 3 is 2.95 bits per heavy atom. The Labute approximate surface area is 132 Å². The van der Waals surface area contributed by atoms with Gasteiger partial charge in [0.15, 0.2) is 0 Å². The Balaban J connectivity index is 0.00000220. The minimum Gasteiger partial charge on any atom is -0.496 e. The van der Waals surface area contributed by atoms with E-state index >= 15 is 0 Å². The van der Waals surface area contributed by atoms with Crippen LogP contribution >= 0.6 is 12.4 Å². The summed E-state index contributed by atoms with van der Waals surface area (Å²) >= 11 is 0. The molecule has 6 heteroatoms. The quantitative estimate of drug-likeness (QED) is 0.856. The molecule has 1 aromatic carbocycles. The number of nitrogens with zero attached hydrogens (tertiary/aromatic N) is 1. The van der Waals surface area contributed by atoms with E-state index in [1.54, 1.807) is 7.11 Å². The molecule has 1 unspecified atom stereocenters. The van der Waals surface area contributed by atoms with Gasteiger partial charge < -0.3 is 15.8 Å². The summed E-state index contributed by atoms with van der Waals surface area (Å²) < 4.78 is 5.26. The van der Waals surface area contributed by atoms with E-state index in [1.165, 1.54) is 0 Å². The Bertz CT molecular complexity index is 456. The summed E-state index contributed by atoms with van der Waals surface area (Å²) in [6.45, 7) is 2.67. The van der Waals surface area contributed by atoms with Crippen LogP contribution in [0.3, 0.4) is 0 Å². The van der Waals surface area contributed by atoms with E-state index in [4.69, 9.17) is 10.5 Å². The zero-order valence-corrected chi connectivity index (χ0v) is 13.2. The topological polar surface area (TPSA) is 67.6 Å². The van der Waals surface area contributed by atoms with Crippen LogP contribution in [0, 0.1) is 0 Å². The molecule has 21 heavy (non-hydrogen) atoms. The molecule has 1 aromatic rings. The van der Waals surface area contributed by atoms with Crippen LogP contribution in [0.5, 0.6) is 5.75 Å². The first kappa shape index (κ1) is 17.8. The van der Waals surface area contributed by atoms with Crippen LogP contribution in [0.15, 0.2) is 24.3 Å². The number of amides is 1. The van der Waals surface area contributed by atoms with Crippen molar-refractivity contribution in [2.24, 2.45) is 5.73 Å². The fourth-order valence-corrected chi connectivity index (χ4v) is 2.54. The van der Waals surface area contributed by atoms with Gasteiger partial charge in [-0.2, -0.15) is 0 Å². The summed E-state index contributed by atoms with van der Waals surface area (Å²) in [5.41, 5.74) is 6.90. The number of halogens is 1. The van der Waals surface area contributed by atoms with Crippen LogP contribution in [-0.4, -0.2) is 43.6 Å². The van der Waals surface area contributed by atoms with Gasteiger partial charge in [0.2, 0.25) is 5.91 Å². The number of methoxy groups -OCH3 is 1. The number of benzene rings is 1. The lowest BCUT2D eigenvalue weighted by atomic mass is 10.1. The van der Waals surface area contributed by atoms with Crippen molar-refractivity contribution >= 4 is 18.3 Å². The highest BCUT2D eigenvalue weighted by Gasteiger charge is 2.18. The van der Waals surface area contributed by atoms with Crippen molar-refractivity contribution < 1.29 is 9.53 Å². The molecule has 1 aliphatic heterocycles. The van der Waals surface area contributed by atoms with Crippen molar-refractivity contribution in [3.05, 3.63) is 29.8 Å². The molecule has 0 radical (unpaired) electrons. The van der Waals surface area contributed by atoms with Gasteiger partial charge in [-0.1, -0.05) is 18.2 Å². The lowest BCUT2D eigenvalue weighted by Crippen LogP contribution is -2.46. The molecule has 1 saturated heterocycles. The average Bonchev–Trinajstić information content (AvgIpc) is 2.45. The lowest BCUT2D eigenvalue weighted by molar-refractivity contribution is -0.122. The predicted molar refractivity (Wildman–Crippen MR) is 85.7 cm³/mol. The maximum Gasteiger partial charge on any atom is 0.234 e. The van der Waals surface area contributed by atoms with Crippen LogP contribution in [0.4, 0.5) is 0 Å². The van der Waals surface area contributed by atoms with Crippen molar-refractivity contribution in [2.75, 3.05) is 26.7 Å². The summed E-state index contributed by atoms with van der Waals surface area (Å²) in [4.78, 5) is 14.1. The summed E-state index contributed by atoms with van der Waals surface area (Å²) in [6, 6.07) is 7.90. The number of carbonyl (C=O) groups excluding carboxylic acids is 1. The molecule has 0 saturated carbocycles. The number of nitrogens with two attached hydrogens (primary N) is 1. The number of piperidine rings is 1. The van der Waals surface area contributed by atoms with Crippen LogP contribution in [-0.2, 0) is 11.3 Å². The van der Waals surface area contributed by atoms with E-state index in [9.17, 15) is 4.79 Å². The summed E-state index contributed by atoms with van der Waals surface area (Å²) in [6.07, 6.45) is 2.13. The number of ether oxygens (including phenoxy) is 1. The monoisotopic (exact) mass is 313 g/mol. The minimum atomic E-state index is 0. The fourth-order valence-electron chi connectivity index (χ4n) is 2.54. The Morgan fingerprint density at radius 1 is 1.48 bits per heavy atom. The van der Waals surface area contributed by atoms with Gasteiger partial charge >= 0.3 is 0 Å². The van der Waals surface area contributed by atoms with Crippen molar-refractivity contribution in [1.82, 2.24) is 10.2 Å². The molecule has 0 aromatic heterocycles. The number of likely N-dealkylation sites (tertiary alicyclic amines) is 1. The maximum absolute atomic E-state index is 12.0. The average molecular weight is 314 g/mol. The molecule has 118 valence electrons. The van der Waals surface area contributed by atoms with Crippen LogP contribution in [0.2, 0.25) is 0 Å². The van der Waals surface area contributed by atoms with Crippen molar-refractivity contribution in [3.8, 4) is 5.75 Å². The van der Waals surface area contributed by atoms with Crippen molar-refractivity contribution in [2.45, 2.75) is 25.4 Å². The van der Waals surface area contributed by atoms with E-state index in [0.29, 0.717) is 13.1 Å². The molecule has 1 heterocycles. The first-order valence-electron chi connectivity index (χ1n) is 7.05. The molecule has 0 spiro atoms. The number of rotatable bonds is 5. The third-order valence-corrected chi connectivity index (χ3v) is 3.58. The number of hydrogen-bond acceptors (Lipinski definition) is 4. The van der Waals surface area contributed by atoms with Gasteiger partial charge in [0.25, 0.3) is 0 Å². The normalized spacial score (nSPS) is 18.7. The number of para-hydroxylation sites is 1. The molecular formula is C15H24ClN3O2. The molecule has 0 aliphatic carbocycles. The van der Waals surface area contributed by atoms with Gasteiger partial charge in [-0.3, -0.25) is 9.69 Å². The number of carbonyl (C=O) groups is 1. The minimum absolute atomic E-state index is 0. The van der Waals surface area contributed by atoms with Gasteiger partial charge in [-0.25, -0.2) is 0 Å². The first-order chi connectivity index (χ1) is 9.69. The molecule has 5 nitrogen and oxygen atoms in total. The molecule has 1 fully saturated rings. The second-order valence-electron chi connectivity index (χ2n) is 5.23. The van der Waals surface area contributed by atoms with Crippen LogP contribution < -0.4 is 15.8 Å². The van der Waals surface area contributed by atoms with Crippen molar-refractivity contribution in [3.63, 3.8) is 0 Å². The van der Waals surface area contributed by atoms with Gasteiger partial charge in [0.05, 0.1) is 13.7 Å². The number of nitrogens with one attached hydrogen (secondary N) is 1. The molecular weight excluding hydrogens is 290 g/mol. The molecule has 1 atom stereocenters. The van der Waals surface area contributed by atoms with Gasteiger partial charge in [-0.05, 0) is 25.5 Å². The Kier molecular flexibility index (Phi) is 7.50. The van der Waals surface area contributed by atoms with E-state index in [2.05, 4.69) is 10.2 Å². The highest BCUT2D eigenvalue weighted by molar-refractivity contribution is 5.85. The number of hydrogen-bond donors (Lipinski definition) is 2. The maximum atomic E-state index is 12.0. The van der Waals surface area contributed by atoms with E-state index in [1.807, 2.05) is 24.3 Å². The van der Waals surface area contributed by atoms with Gasteiger partial charge in [0.1, 0.15) is 5.75 Å². The zero-order chi connectivity index (χ0) is 14.4. The second kappa shape index (κ2) is 8.87. The molecule has 1 aliphatic rings. The first-order valence-corrected chi connectivity index (χ1v) is 7.05. The van der Waals surface area contributed by atoms with Gasteiger partial charge in [-0.15, -0.1) is 12.4 Å². The second-order valence-corrected chi connectivity index (χ2v) is 5.23. The highest BCUT2D eigenvalue weighted by Crippen LogP contribution is 2.16. The fraction of sp³-hybridized carbons (Fsp3) is 0.533. The third-order valence-electron chi connectivity index (χ3n) is 3.58. The van der Waals surface area contributed by atoms with E-state index in [0.717, 1.165) is 37.2 Å². The molecule has 0 bridgehead atoms. The smallest absolute Gasteiger partial charge is 0.234 e. The summed E-state index contributed by atoms with van der Waals surface area (Å²) in [5, 5.41) is 2.93. The molecule has 2 rings (SSSR count). The SMILES string of the molecule is COc1ccccc1CNC(=O)CN1CCCC(N)C1.Cl. The third kappa shape index (κ3) is 5.53. The van der Waals surface area contributed by atoms with Crippen LogP contribution in [0.25, 0.3) is 0 Å². The van der Waals surface area contributed by atoms with E-state index < -0.39 is 0 Å². The van der Waals surface area contributed by atoms with E-state index in [-0.39, 0.29) is 24.4 Å². The zero-order valence-electron chi connectivity index (χ0n) is 12.4. The molecule has 1 amide bonds. The highest BCUT2D eigenvalue weighted by atomic mass is 35.5. The predicted octanol–water partition coefficient (Wildman–Crippen LogP) is 1.16. The largest absolute Gasteiger partial charge is 0.496 e. The Hall–Kier alpha value is -1.30. The molecule has 3 N–H and O–H groups in total. The van der Waals surface area contributed by atoms with Crippen LogP contribution in [0.1, 0.15) is 18.4 Å². The standard InChI is InChI=1S/C15H23N3O2.ClH/c1-20-14-7-3-2-5-12(14)9-17-15(19)11-18-8-4-6-13(16)10-18;/h2-3,5,7,13H,4,6,8-11,16H2,1H3,(H,17,19);1H. The van der Waals surface area contributed by atoms with Gasteiger partial charge in [0, 0.05) is 24.7 Å². The summed E-state index contributed by atoms with van der Waals surface area (Å²) in [5.74, 6) is 0.831.